The molecule has 0 fully saturated rings. The smallest absolute Gasteiger partial charge is 0.265 e. The number of hydrogen-bond donors (Lipinski definition) is 1. The Labute approximate surface area is 144 Å². The van der Waals surface area contributed by atoms with Crippen LogP contribution in [0.4, 0.5) is 5.69 Å². The summed E-state index contributed by atoms with van der Waals surface area (Å²) in [5.74, 6) is -0.0498. The predicted molar refractivity (Wildman–Crippen MR) is 91.6 cm³/mol. The highest BCUT2D eigenvalue weighted by Gasteiger charge is 2.16. The van der Waals surface area contributed by atoms with Gasteiger partial charge in [0.1, 0.15) is 5.75 Å². The number of rotatable bonds is 5. The average Bonchev–Trinajstić information content (AvgIpc) is 2.50. The van der Waals surface area contributed by atoms with Gasteiger partial charge in [0.2, 0.25) is 0 Å². The molecule has 0 spiro atoms. The molecule has 120 valence electrons. The van der Waals surface area contributed by atoms with E-state index in [0.29, 0.717) is 27.0 Å². The molecule has 4 nitrogen and oxygen atoms in total. The molecule has 0 saturated carbocycles. The number of halogens is 2. The Morgan fingerprint density at radius 3 is 2.52 bits per heavy atom. The van der Waals surface area contributed by atoms with Crippen LogP contribution in [-0.2, 0) is 4.79 Å². The molecule has 0 radical (unpaired) electrons. The van der Waals surface area contributed by atoms with Crippen molar-refractivity contribution in [2.45, 2.75) is 20.0 Å². The minimum absolute atomic E-state index is 0.0710. The zero-order chi connectivity index (χ0) is 17.0. The van der Waals surface area contributed by atoms with Crippen molar-refractivity contribution in [2.75, 3.05) is 5.32 Å². The molecule has 0 aliphatic rings. The molecule has 0 saturated heterocycles. The molecule has 0 heterocycles. The van der Waals surface area contributed by atoms with E-state index in [9.17, 15) is 9.59 Å². The molecule has 6 heteroatoms. The molecular weight excluding hydrogens is 337 g/mol. The number of Topliss-reactive ketones (excluding diaryl/α,β-unsaturated/α-hetero) is 1. The summed E-state index contributed by atoms with van der Waals surface area (Å²) < 4.78 is 5.54. The SMILES string of the molecule is CC(=O)c1cccc(NC(=O)C(C)Oc2ccc(Cl)cc2Cl)c1. The van der Waals surface area contributed by atoms with Crippen LogP contribution in [-0.4, -0.2) is 17.8 Å². The summed E-state index contributed by atoms with van der Waals surface area (Å²) in [5.41, 5.74) is 1.05. The summed E-state index contributed by atoms with van der Waals surface area (Å²) >= 11 is 11.8. The largest absolute Gasteiger partial charge is 0.479 e. The minimum Gasteiger partial charge on any atom is -0.479 e. The maximum absolute atomic E-state index is 12.2. The number of amides is 1. The number of carbonyl (C=O) groups is 2. The molecule has 1 amide bonds. The third-order valence-electron chi connectivity index (χ3n) is 3.10. The summed E-state index contributed by atoms with van der Waals surface area (Å²) in [4.78, 5) is 23.5. The van der Waals surface area contributed by atoms with Gasteiger partial charge in [0, 0.05) is 16.3 Å². The molecule has 2 rings (SSSR count). The first kappa shape index (κ1) is 17.3. The van der Waals surface area contributed by atoms with Crippen LogP contribution in [0.3, 0.4) is 0 Å². The molecular formula is C17H15Cl2NO3. The van der Waals surface area contributed by atoms with Crippen molar-refractivity contribution in [2.24, 2.45) is 0 Å². The zero-order valence-corrected chi connectivity index (χ0v) is 14.1. The lowest BCUT2D eigenvalue weighted by Gasteiger charge is -2.16. The van der Waals surface area contributed by atoms with Crippen molar-refractivity contribution >= 4 is 40.6 Å². The Morgan fingerprint density at radius 1 is 1.13 bits per heavy atom. The highest BCUT2D eigenvalue weighted by atomic mass is 35.5. The molecule has 23 heavy (non-hydrogen) atoms. The lowest BCUT2D eigenvalue weighted by Crippen LogP contribution is -2.30. The number of benzene rings is 2. The van der Waals surface area contributed by atoms with Gasteiger partial charge in [-0.05, 0) is 44.2 Å². The standard InChI is InChI=1S/C17H15Cl2NO3/c1-10(21)12-4-3-5-14(8-12)20-17(22)11(2)23-16-7-6-13(18)9-15(16)19/h3-9,11H,1-2H3,(H,20,22). The summed E-state index contributed by atoms with van der Waals surface area (Å²) in [7, 11) is 0. The molecule has 1 unspecified atom stereocenters. The van der Waals surface area contributed by atoms with Crippen molar-refractivity contribution in [3.8, 4) is 5.75 Å². The van der Waals surface area contributed by atoms with Gasteiger partial charge in [-0.3, -0.25) is 9.59 Å². The topological polar surface area (TPSA) is 55.4 Å². The van der Waals surface area contributed by atoms with E-state index in [-0.39, 0.29) is 11.7 Å². The van der Waals surface area contributed by atoms with E-state index in [1.807, 2.05) is 0 Å². The van der Waals surface area contributed by atoms with Gasteiger partial charge < -0.3 is 10.1 Å². The monoisotopic (exact) mass is 351 g/mol. The summed E-state index contributed by atoms with van der Waals surface area (Å²) in [6, 6.07) is 11.5. The van der Waals surface area contributed by atoms with Gasteiger partial charge in [-0.25, -0.2) is 0 Å². The van der Waals surface area contributed by atoms with Crippen molar-refractivity contribution in [3.05, 3.63) is 58.1 Å². The predicted octanol–water partition coefficient (Wildman–Crippen LogP) is 4.60. The first-order chi connectivity index (χ1) is 10.9. The Morgan fingerprint density at radius 2 is 1.87 bits per heavy atom. The zero-order valence-electron chi connectivity index (χ0n) is 12.6. The van der Waals surface area contributed by atoms with Crippen LogP contribution in [0.25, 0.3) is 0 Å². The van der Waals surface area contributed by atoms with E-state index in [1.54, 1.807) is 49.4 Å². The van der Waals surface area contributed by atoms with Gasteiger partial charge in [-0.15, -0.1) is 0 Å². The number of ether oxygens (including phenoxy) is 1. The van der Waals surface area contributed by atoms with E-state index in [1.165, 1.54) is 6.92 Å². The number of ketones is 1. The number of nitrogens with one attached hydrogen (secondary N) is 1. The quantitative estimate of drug-likeness (QED) is 0.800. The lowest BCUT2D eigenvalue weighted by atomic mass is 10.1. The Balaban J connectivity index is 2.05. The van der Waals surface area contributed by atoms with E-state index in [0.717, 1.165) is 0 Å². The van der Waals surface area contributed by atoms with Gasteiger partial charge in [-0.2, -0.15) is 0 Å². The third kappa shape index (κ3) is 4.71. The van der Waals surface area contributed by atoms with Gasteiger partial charge in [0.15, 0.2) is 11.9 Å². The highest BCUT2D eigenvalue weighted by Crippen LogP contribution is 2.28. The Bertz CT molecular complexity index is 746. The van der Waals surface area contributed by atoms with Crippen molar-refractivity contribution in [1.82, 2.24) is 0 Å². The molecule has 2 aromatic rings. The van der Waals surface area contributed by atoms with E-state index < -0.39 is 6.10 Å². The molecule has 2 aromatic carbocycles. The van der Waals surface area contributed by atoms with Crippen LogP contribution in [0.2, 0.25) is 10.0 Å². The number of carbonyl (C=O) groups excluding carboxylic acids is 2. The lowest BCUT2D eigenvalue weighted by molar-refractivity contribution is -0.122. The van der Waals surface area contributed by atoms with Crippen molar-refractivity contribution < 1.29 is 14.3 Å². The maximum atomic E-state index is 12.2. The first-order valence-electron chi connectivity index (χ1n) is 6.90. The second kappa shape index (κ2) is 7.49. The fourth-order valence-corrected chi connectivity index (χ4v) is 2.33. The van der Waals surface area contributed by atoms with Crippen LogP contribution in [0, 0.1) is 0 Å². The van der Waals surface area contributed by atoms with Gasteiger partial charge in [0.25, 0.3) is 5.91 Å². The summed E-state index contributed by atoms with van der Waals surface area (Å²) in [5, 5.41) is 3.52. The van der Waals surface area contributed by atoms with Crippen LogP contribution in [0.1, 0.15) is 24.2 Å². The molecule has 0 bridgehead atoms. The van der Waals surface area contributed by atoms with Crippen LogP contribution in [0.5, 0.6) is 5.75 Å². The number of hydrogen-bond acceptors (Lipinski definition) is 3. The third-order valence-corrected chi connectivity index (χ3v) is 3.63. The fraction of sp³-hybridized carbons (Fsp3) is 0.176. The fourth-order valence-electron chi connectivity index (χ4n) is 1.87. The average molecular weight is 352 g/mol. The molecule has 1 atom stereocenters. The van der Waals surface area contributed by atoms with Gasteiger partial charge in [-0.1, -0.05) is 35.3 Å². The molecule has 0 aliphatic carbocycles. The maximum Gasteiger partial charge on any atom is 0.265 e. The first-order valence-corrected chi connectivity index (χ1v) is 7.66. The minimum atomic E-state index is -0.769. The van der Waals surface area contributed by atoms with E-state index in [4.69, 9.17) is 27.9 Å². The molecule has 1 N–H and O–H groups in total. The van der Waals surface area contributed by atoms with E-state index in [2.05, 4.69) is 5.32 Å². The van der Waals surface area contributed by atoms with Gasteiger partial charge in [0.05, 0.1) is 5.02 Å². The summed E-state index contributed by atoms with van der Waals surface area (Å²) in [6.45, 7) is 3.07. The van der Waals surface area contributed by atoms with Gasteiger partial charge >= 0.3 is 0 Å². The van der Waals surface area contributed by atoms with Crippen LogP contribution >= 0.6 is 23.2 Å². The van der Waals surface area contributed by atoms with Crippen LogP contribution < -0.4 is 10.1 Å². The molecule has 0 aromatic heterocycles. The number of anilines is 1. The van der Waals surface area contributed by atoms with E-state index >= 15 is 0 Å². The Kier molecular flexibility index (Phi) is 5.64. The highest BCUT2D eigenvalue weighted by molar-refractivity contribution is 6.35. The van der Waals surface area contributed by atoms with Crippen LogP contribution in [0.15, 0.2) is 42.5 Å². The Hall–Kier alpha value is -2.04. The second-order valence-electron chi connectivity index (χ2n) is 4.96. The normalized spacial score (nSPS) is 11.7. The summed E-state index contributed by atoms with van der Waals surface area (Å²) in [6.07, 6.45) is -0.769. The van der Waals surface area contributed by atoms with Crippen molar-refractivity contribution in [1.29, 1.82) is 0 Å². The van der Waals surface area contributed by atoms with Crippen molar-refractivity contribution in [3.63, 3.8) is 0 Å². The second-order valence-corrected chi connectivity index (χ2v) is 5.80. The molecule has 0 aliphatic heterocycles.